The summed E-state index contributed by atoms with van der Waals surface area (Å²) < 4.78 is 0. The van der Waals surface area contributed by atoms with Gasteiger partial charge in [0, 0.05) is 23.8 Å². The maximum atomic E-state index is 7.59. The number of unbranched alkanes of at least 4 members (excludes halogenated alkanes) is 1. The standard InChI is InChI=1S/C15H26N4/c1-5-7-8-19(12(4)6-2)14-10-13(15(16)17)9-11(3)18-14/h9-10,12H,5-8H2,1-4H3,(H3,16,17). The minimum Gasteiger partial charge on any atom is -0.384 e. The molecule has 106 valence electrons. The molecule has 1 atom stereocenters. The minimum absolute atomic E-state index is 0.103. The first-order valence-electron chi connectivity index (χ1n) is 7.09. The zero-order valence-corrected chi connectivity index (χ0v) is 12.5. The van der Waals surface area contributed by atoms with Crippen LogP contribution < -0.4 is 10.6 Å². The lowest BCUT2D eigenvalue weighted by Gasteiger charge is -2.30. The molecule has 0 bridgehead atoms. The van der Waals surface area contributed by atoms with Crippen LogP contribution in [0.4, 0.5) is 5.82 Å². The topological polar surface area (TPSA) is 66.0 Å². The van der Waals surface area contributed by atoms with E-state index in [2.05, 4.69) is 30.7 Å². The first-order chi connectivity index (χ1) is 8.99. The van der Waals surface area contributed by atoms with Crippen LogP contribution >= 0.6 is 0 Å². The fraction of sp³-hybridized carbons (Fsp3) is 0.600. The molecule has 0 saturated carbocycles. The van der Waals surface area contributed by atoms with Gasteiger partial charge in [0.2, 0.25) is 0 Å². The van der Waals surface area contributed by atoms with Gasteiger partial charge in [-0.1, -0.05) is 20.3 Å². The second-order valence-electron chi connectivity index (χ2n) is 5.07. The van der Waals surface area contributed by atoms with E-state index in [9.17, 15) is 0 Å². The molecule has 0 radical (unpaired) electrons. The molecule has 0 aliphatic rings. The van der Waals surface area contributed by atoms with E-state index in [0.29, 0.717) is 6.04 Å². The maximum absolute atomic E-state index is 7.59. The normalized spacial score (nSPS) is 12.2. The number of pyridine rings is 1. The van der Waals surface area contributed by atoms with E-state index in [1.54, 1.807) is 0 Å². The van der Waals surface area contributed by atoms with Gasteiger partial charge >= 0.3 is 0 Å². The molecule has 0 spiro atoms. The second-order valence-corrected chi connectivity index (χ2v) is 5.07. The van der Waals surface area contributed by atoms with Crippen LogP contribution in [0.1, 0.15) is 51.3 Å². The average Bonchev–Trinajstić information content (AvgIpc) is 2.38. The zero-order valence-electron chi connectivity index (χ0n) is 12.5. The highest BCUT2D eigenvalue weighted by Gasteiger charge is 2.15. The number of anilines is 1. The Balaban J connectivity index is 3.10. The smallest absolute Gasteiger partial charge is 0.129 e. The Hall–Kier alpha value is -1.58. The van der Waals surface area contributed by atoms with Crippen LogP contribution in [-0.4, -0.2) is 23.4 Å². The summed E-state index contributed by atoms with van der Waals surface area (Å²) in [7, 11) is 0. The number of nitrogens with two attached hydrogens (primary N) is 1. The second kappa shape index (κ2) is 7.12. The van der Waals surface area contributed by atoms with Gasteiger partial charge in [-0.3, -0.25) is 5.41 Å². The lowest BCUT2D eigenvalue weighted by Crippen LogP contribution is -2.34. The van der Waals surface area contributed by atoms with E-state index in [1.165, 1.54) is 0 Å². The van der Waals surface area contributed by atoms with Gasteiger partial charge in [-0.05, 0) is 38.8 Å². The lowest BCUT2D eigenvalue weighted by molar-refractivity contribution is 0.589. The number of nitrogen functional groups attached to an aromatic ring is 1. The van der Waals surface area contributed by atoms with Crippen molar-refractivity contribution in [1.29, 1.82) is 5.41 Å². The van der Waals surface area contributed by atoms with Gasteiger partial charge in [-0.15, -0.1) is 0 Å². The van der Waals surface area contributed by atoms with E-state index < -0.39 is 0 Å². The van der Waals surface area contributed by atoms with E-state index >= 15 is 0 Å². The summed E-state index contributed by atoms with van der Waals surface area (Å²) in [6, 6.07) is 4.23. The highest BCUT2D eigenvalue weighted by molar-refractivity contribution is 5.95. The Kier molecular flexibility index (Phi) is 5.80. The van der Waals surface area contributed by atoms with Crippen molar-refractivity contribution in [2.24, 2.45) is 5.73 Å². The number of nitrogens with zero attached hydrogens (tertiary/aromatic N) is 2. The lowest BCUT2D eigenvalue weighted by atomic mass is 10.1. The van der Waals surface area contributed by atoms with Crippen molar-refractivity contribution in [1.82, 2.24) is 4.98 Å². The fourth-order valence-corrected chi connectivity index (χ4v) is 2.06. The Bertz CT molecular complexity index is 428. The van der Waals surface area contributed by atoms with Gasteiger partial charge in [0.05, 0.1) is 0 Å². The number of amidine groups is 1. The molecule has 0 amide bonds. The molecule has 4 heteroatoms. The Morgan fingerprint density at radius 1 is 1.42 bits per heavy atom. The van der Waals surface area contributed by atoms with Crippen molar-refractivity contribution in [3.8, 4) is 0 Å². The van der Waals surface area contributed by atoms with Crippen molar-refractivity contribution in [3.63, 3.8) is 0 Å². The predicted octanol–water partition coefficient (Wildman–Crippen LogP) is 3.08. The molecule has 3 N–H and O–H groups in total. The molecule has 1 aromatic heterocycles. The molecule has 19 heavy (non-hydrogen) atoms. The third-order valence-electron chi connectivity index (χ3n) is 3.42. The van der Waals surface area contributed by atoms with Crippen molar-refractivity contribution in [3.05, 3.63) is 23.4 Å². The van der Waals surface area contributed by atoms with Crippen molar-refractivity contribution in [2.75, 3.05) is 11.4 Å². The third-order valence-corrected chi connectivity index (χ3v) is 3.42. The van der Waals surface area contributed by atoms with Crippen LogP contribution in [0.2, 0.25) is 0 Å². The highest BCUT2D eigenvalue weighted by atomic mass is 15.2. The van der Waals surface area contributed by atoms with Gasteiger partial charge in [0.25, 0.3) is 0 Å². The average molecular weight is 262 g/mol. The largest absolute Gasteiger partial charge is 0.384 e. The summed E-state index contributed by atoms with van der Waals surface area (Å²) in [6.45, 7) is 9.54. The highest BCUT2D eigenvalue weighted by Crippen LogP contribution is 2.19. The number of aryl methyl sites for hydroxylation is 1. The van der Waals surface area contributed by atoms with Crippen molar-refractivity contribution in [2.45, 2.75) is 53.0 Å². The summed E-state index contributed by atoms with van der Waals surface area (Å²) in [6.07, 6.45) is 3.39. The number of nitrogens with one attached hydrogen (secondary N) is 1. The molecule has 0 aliphatic heterocycles. The zero-order chi connectivity index (χ0) is 14.4. The number of rotatable bonds is 7. The molecule has 0 aliphatic carbocycles. The number of hydrogen-bond donors (Lipinski definition) is 2. The van der Waals surface area contributed by atoms with Gasteiger partial charge in [0.1, 0.15) is 11.7 Å². The first-order valence-corrected chi connectivity index (χ1v) is 7.09. The molecule has 0 aromatic carbocycles. The van der Waals surface area contributed by atoms with Gasteiger partial charge in [-0.25, -0.2) is 4.98 Å². The van der Waals surface area contributed by atoms with E-state index in [4.69, 9.17) is 11.1 Å². The van der Waals surface area contributed by atoms with Gasteiger partial charge in [-0.2, -0.15) is 0 Å². The number of aromatic nitrogens is 1. The molecule has 1 rings (SSSR count). The van der Waals surface area contributed by atoms with Crippen LogP contribution in [0.25, 0.3) is 0 Å². The minimum atomic E-state index is 0.103. The van der Waals surface area contributed by atoms with Crippen LogP contribution in [0.5, 0.6) is 0 Å². The summed E-state index contributed by atoms with van der Waals surface area (Å²) >= 11 is 0. The van der Waals surface area contributed by atoms with Gasteiger partial charge < -0.3 is 10.6 Å². The number of hydrogen-bond acceptors (Lipinski definition) is 3. The van der Waals surface area contributed by atoms with Crippen LogP contribution in [0.15, 0.2) is 12.1 Å². The third kappa shape index (κ3) is 4.23. The molecule has 4 nitrogen and oxygen atoms in total. The van der Waals surface area contributed by atoms with Crippen LogP contribution in [-0.2, 0) is 0 Å². The summed E-state index contributed by atoms with van der Waals surface area (Å²) in [5.41, 5.74) is 7.26. The van der Waals surface area contributed by atoms with E-state index in [0.717, 1.165) is 42.9 Å². The Morgan fingerprint density at radius 2 is 2.11 bits per heavy atom. The predicted molar refractivity (Wildman–Crippen MR) is 82.0 cm³/mol. The van der Waals surface area contributed by atoms with Crippen LogP contribution in [0, 0.1) is 12.3 Å². The molecule has 0 fully saturated rings. The molecular weight excluding hydrogens is 236 g/mol. The van der Waals surface area contributed by atoms with Crippen LogP contribution in [0.3, 0.4) is 0 Å². The molecule has 1 unspecified atom stereocenters. The fourth-order valence-electron chi connectivity index (χ4n) is 2.06. The summed E-state index contributed by atoms with van der Waals surface area (Å²) in [4.78, 5) is 6.93. The summed E-state index contributed by atoms with van der Waals surface area (Å²) in [5, 5.41) is 7.59. The molecule has 1 aromatic rings. The van der Waals surface area contributed by atoms with E-state index in [1.807, 2.05) is 19.1 Å². The van der Waals surface area contributed by atoms with Crippen molar-refractivity contribution < 1.29 is 0 Å². The summed E-state index contributed by atoms with van der Waals surface area (Å²) in [5.74, 6) is 1.04. The van der Waals surface area contributed by atoms with E-state index in [-0.39, 0.29) is 5.84 Å². The molecule has 0 saturated heterocycles. The van der Waals surface area contributed by atoms with Crippen molar-refractivity contribution >= 4 is 11.7 Å². The SMILES string of the molecule is CCCCN(c1cc(C(=N)N)cc(C)n1)C(C)CC. The molecule has 1 heterocycles. The Morgan fingerprint density at radius 3 is 2.63 bits per heavy atom. The Labute approximate surface area is 116 Å². The quantitative estimate of drug-likeness (QED) is 0.586. The molecular formula is C15H26N4. The maximum Gasteiger partial charge on any atom is 0.129 e. The monoisotopic (exact) mass is 262 g/mol. The van der Waals surface area contributed by atoms with Gasteiger partial charge in [0.15, 0.2) is 0 Å². The first kappa shape index (κ1) is 15.5.